The highest BCUT2D eigenvalue weighted by atomic mass is 16.5. The minimum atomic E-state index is -0.703. The molecule has 0 saturated carbocycles. The second-order valence-electron chi connectivity index (χ2n) is 14.2. The number of aliphatic hydroxyl groups excluding tert-OH is 1. The van der Waals surface area contributed by atoms with Crippen molar-refractivity contribution in [2.45, 2.75) is 89.4 Å². The number of carbonyl (C=O) groups is 4. The number of ether oxygens (including phenoxy) is 2. The molecule has 10 nitrogen and oxygen atoms in total. The van der Waals surface area contributed by atoms with Gasteiger partial charge in [-0.3, -0.25) is 14.4 Å². The predicted molar refractivity (Wildman–Crippen MR) is 214 cm³/mol. The number of fused-ring (bicyclic) bond motifs is 1. The Kier molecular flexibility index (Phi) is 18.2. The van der Waals surface area contributed by atoms with Crippen molar-refractivity contribution in [1.29, 1.82) is 0 Å². The van der Waals surface area contributed by atoms with Gasteiger partial charge in [-0.1, -0.05) is 97.1 Å². The number of rotatable bonds is 23. The number of esters is 1. The molecule has 0 bridgehead atoms. The van der Waals surface area contributed by atoms with Crippen LogP contribution in [0.15, 0.2) is 110 Å². The summed E-state index contributed by atoms with van der Waals surface area (Å²) in [5.74, 6) is -1.93. The van der Waals surface area contributed by atoms with E-state index in [2.05, 4.69) is 23.8 Å². The normalized spacial score (nSPS) is 15.1. The molecule has 3 aromatic rings. The first-order chi connectivity index (χ1) is 26.8. The highest BCUT2D eigenvalue weighted by molar-refractivity contribution is 5.86. The monoisotopic (exact) mass is 751 g/mol. The van der Waals surface area contributed by atoms with Gasteiger partial charge in [-0.05, 0) is 80.0 Å². The minimum Gasteiger partial charge on any atom is -0.463 e. The van der Waals surface area contributed by atoms with Crippen molar-refractivity contribution in [3.63, 3.8) is 0 Å². The quantitative estimate of drug-likeness (QED) is 0.0548. The van der Waals surface area contributed by atoms with E-state index < -0.39 is 18.1 Å². The first kappa shape index (κ1) is 42.5. The average Bonchev–Trinajstić information content (AvgIpc) is 3.21. The molecule has 3 aromatic carbocycles. The number of nitrogens with one attached hydrogen (secondary N) is 2. The van der Waals surface area contributed by atoms with Crippen molar-refractivity contribution in [2.24, 2.45) is 11.8 Å². The summed E-state index contributed by atoms with van der Waals surface area (Å²) in [6, 6.07) is 26.2. The third-order valence-corrected chi connectivity index (χ3v) is 9.98. The summed E-state index contributed by atoms with van der Waals surface area (Å²) < 4.78 is 11.2. The third kappa shape index (κ3) is 14.5. The van der Waals surface area contributed by atoms with Crippen molar-refractivity contribution in [3.05, 3.63) is 132 Å². The smallest absolute Gasteiger partial charge is 0.407 e. The fourth-order valence-electron chi connectivity index (χ4n) is 6.86. The summed E-state index contributed by atoms with van der Waals surface area (Å²) in [4.78, 5) is 55.0. The van der Waals surface area contributed by atoms with Gasteiger partial charge < -0.3 is 30.1 Å². The summed E-state index contributed by atoms with van der Waals surface area (Å²) in [5.41, 5.74) is 4.07. The Morgan fingerprint density at radius 3 is 2.20 bits per heavy atom. The lowest BCUT2D eigenvalue weighted by atomic mass is 9.92. The molecule has 4 unspecified atom stereocenters. The Morgan fingerprint density at radius 2 is 1.51 bits per heavy atom. The van der Waals surface area contributed by atoms with Crippen LogP contribution in [-0.2, 0) is 49.9 Å². The molecule has 1 aliphatic rings. The Labute approximate surface area is 326 Å². The maximum atomic E-state index is 13.9. The maximum Gasteiger partial charge on any atom is 0.407 e. The summed E-state index contributed by atoms with van der Waals surface area (Å²) in [6.45, 7) is 8.34. The molecule has 0 radical (unpaired) electrons. The summed E-state index contributed by atoms with van der Waals surface area (Å²) in [7, 11) is 0. The SMILES string of the molecule is C=CCCCC(Cc1ccccc1)C(=O)OCC(CCCCNC(=O)OCc1ccccc1)NC(=O)C(CC=C)CC(=O)N1Cc2ccccc2CC1CO. The number of nitrogens with zero attached hydrogens (tertiary/aromatic N) is 1. The molecule has 1 heterocycles. The molecule has 4 rings (SSSR count). The van der Waals surface area contributed by atoms with Gasteiger partial charge in [-0.2, -0.15) is 0 Å². The van der Waals surface area contributed by atoms with E-state index in [0.717, 1.165) is 35.1 Å². The second-order valence-corrected chi connectivity index (χ2v) is 14.2. The van der Waals surface area contributed by atoms with E-state index in [9.17, 15) is 24.3 Å². The van der Waals surface area contributed by atoms with Gasteiger partial charge in [0.25, 0.3) is 0 Å². The molecule has 1 aliphatic heterocycles. The lowest BCUT2D eigenvalue weighted by Gasteiger charge is -2.36. The van der Waals surface area contributed by atoms with E-state index in [1.165, 1.54) is 0 Å². The topological polar surface area (TPSA) is 134 Å². The van der Waals surface area contributed by atoms with Gasteiger partial charge >= 0.3 is 12.1 Å². The molecule has 10 heteroatoms. The molecule has 0 saturated heterocycles. The van der Waals surface area contributed by atoms with Crippen molar-refractivity contribution in [3.8, 4) is 0 Å². The van der Waals surface area contributed by atoms with Crippen LogP contribution in [-0.4, -0.2) is 65.7 Å². The van der Waals surface area contributed by atoms with Crippen molar-refractivity contribution >= 4 is 23.9 Å². The molecule has 294 valence electrons. The number of unbranched alkanes of at least 4 members (excludes halogenated alkanes) is 2. The minimum absolute atomic E-state index is 0.0336. The number of allylic oxidation sites excluding steroid dienone is 2. The third-order valence-electron chi connectivity index (χ3n) is 9.98. The van der Waals surface area contributed by atoms with Crippen molar-refractivity contribution in [2.75, 3.05) is 19.8 Å². The zero-order chi connectivity index (χ0) is 39.3. The second kappa shape index (κ2) is 23.5. The number of hydrogen-bond acceptors (Lipinski definition) is 7. The highest BCUT2D eigenvalue weighted by Gasteiger charge is 2.32. The van der Waals surface area contributed by atoms with E-state index >= 15 is 0 Å². The van der Waals surface area contributed by atoms with Gasteiger partial charge in [0, 0.05) is 19.5 Å². The number of aliphatic hydroxyl groups is 1. The molecule has 0 fully saturated rings. The van der Waals surface area contributed by atoms with Crippen LogP contribution >= 0.6 is 0 Å². The van der Waals surface area contributed by atoms with Gasteiger partial charge in [-0.25, -0.2) is 4.79 Å². The fourth-order valence-corrected chi connectivity index (χ4v) is 6.86. The highest BCUT2D eigenvalue weighted by Crippen LogP contribution is 2.26. The molecular formula is C45H57N3O7. The first-order valence-corrected chi connectivity index (χ1v) is 19.5. The van der Waals surface area contributed by atoms with Crippen molar-refractivity contribution in [1.82, 2.24) is 15.5 Å². The molecule has 4 atom stereocenters. The fraction of sp³-hybridized carbons (Fsp3) is 0.422. The molecule has 0 aromatic heterocycles. The van der Waals surface area contributed by atoms with Gasteiger partial charge in [-0.15, -0.1) is 13.2 Å². The summed E-state index contributed by atoms with van der Waals surface area (Å²) >= 11 is 0. The number of carbonyl (C=O) groups excluding carboxylic acids is 4. The summed E-state index contributed by atoms with van der Waals surface area (Å²) in [6.07, 6.45) is 8.18. The number of hydrogen-bond donors (Lipinski definition) is 3. The van der Waals surface area contributed by atoms with Crippen LogP contribution in [0.25, 0.3) is 0 Å². The van der Waals surface area contributed by atoms with Crippen LogP contribution in [0, 0.1) is 11.8 Å². The Hall–Kier alpha value is -5.22. The van der Waals surface area contributed by atoms with Gasteiger partial charge in [0.2, 0.25) is 11.8 Å². The zero-order valence-electron chi connectivity index (χ0n) is 31.9. The molecule has 55 heavy (non-hydrogen) atoms. The van der Waals surface area contributed by atoms with E-state index in [4.69, 9.17) is 9.47 Å². The standard InChI is InChI=1S/C45H57N3O7/c1-3-5-8-23-38(27-34-18-9-6-10-19-34)44(52)54-33-40(25-15-16-26-46-45(53)55-32-35-20-11-7-12-21-35)47-43(51)37(17-4-2)29-42(50)48-30-39-24-14-13-22-36(39)28-41(48)31-49/h3-4,6-7,9-14,18-22,24,37-38,40-41,49H,1-2,5,8,15-17,23,25-33H2,(H,46,53)(H,47,51). The van der Waals surface area contributed by atoms with Crippen LogP contribution in [0.5, 0.6) is 0 Å². The lowest BCUT2D eigenvalue weighted by molar-refractivity contribution is -0.150. The Balaban J connectivity index is 1.38. The van der Waals surface area contributed by atoms with E-state index in [0.29, 0.717) is 51.6 Å². The molecule has 3 N–H and O–H groups in total. The van der Waals surface area contributed by atoms with Gasteiger partial charge in [0.1, 0.15) is 13.2 Å². The largest absolute Gasteiger partial charge is 0.463 e. The molecule has 0 spiro atoms. The number of alkyl carbamates (subject to hydrolysis) is 1. The van der Waals surface area contributed by atoms with E-state index in [1.54, 1.807) is 11.0 Å². The molecule has 3 amide bonds. The molecule has 0 aliphatic carbocycles. The lowest BCUT2D eigenvalue weighted by Crippen LogP contribution is -2.48. The summed E-state index contributed by atoms with van der Waals surface area (Å²) in [5, 5.41) is 16.0. The van der Waals surface area contributed by atoms with Crippen LogP contribution in [0.1, 0.15) is 73.6 Å². The number of amides is 3. The van der Waals surface area contributed by atoms with Crippen molar-refractivity contribution < 1.29 is 33.8 Å². The van der Waals surface area contributed by atoms with Crippen LogP contribution in [0.2, 0.25) is 0 Å². The van der Waals surface area contributed by atoms with Crippen LogP contribution in [0.4, 0.5) is 4.79 Å². The average molecular weight is 752 g/mol. The predicted octanol–water partition coefficient (Wildman–Crippen LogP) is 6.85. The Bertz CT molecular complexity index is 1670. The Morgan fingerprint density at radius 1 is 0.818 bits per heavy atom. The maximum absolute atomic E-state index is 13.9. The number of benzene rings is 3. The van der Waals surface area contributed by atoms with Gasteiger partial charge in [0.15, 0.2) is 0 Å². The van der Waals surface area contributed by atoms with Crippen LogP contribution < -0.4 is 10.6 Å². The van der Waals surface area contributed by atoms with Gasteiger partial charge in [0.05, 0.1) is 30.5 Å². The van der Waals surface area contributed by atoms with E-state index in [-0.39, 0.29) is 62.4 Å². The zero-order valence-corrected chi connectivity index (χ0v) is 31.9. The first-order valence-electron chi connectivity index (χ1n) is 19.5. The molecular weight excluding hydrogens is 695 g/mol. The van der Waals surface area contributed by atoms with Crippen LogP contribution in [0.3, 0.4) is 0 Å². The van der Waals surface area contributed by atoms with E-state index in [1.807, 2.05) is 91.0 Å².